The maximum atomic E-state index is 10.2. The summed E-state index contributed by atoms with van der Waals surface area (Å²) in [5.74, 6) is 1.25. The van der Waals surface area contributed by atoms with Gasteiger partial charge in [-0.15, -0.1) is 0 Å². The van der Waals surface area contributed by atoms with Crippen LogP contribution in [0.2, 0.25) is 0 Å². The van der Waals surface area contributed by atoms with Gasteiger partial charge in [0.2, 0.25) is 0 Å². The van der Waals surface area contributed by atoms with E-state index in [0.29, 0.717) is 0 Å². The third-order valence-electron chi connectivity index (χ3n) is 0.658. The second kappa shape index (κ2) is 65.9. The Morgan fingerprint density at radius 3 is 1.33 bits per heavy atom. The second-order valence-electron chi connectivity index (χ2n) is 1.44. The Hall–Kier alpha value is -0.0200. The van der Waals surface area contributed by atoms with Gasteiger partial charge in [0.1, 0.15) is 5.78 Å². The molecule has 0 aromatic carbocycles. The molecule has 0 spiro atoms. The van der Waals surface area contributed by atoms with Crippen LogP contribution in [-0.2, 0) is 4.79 Å². The minimum absolute atomic E-state index is 0.286. The van der Waals surface area contributed by atoms with Gasteiger partial charge in [-0.3, -0.25) is 4.79 Å². The molecule has 0 aliphatic heterocycles. The Bertz CT molecular complexity index is 68.6. The van der Waals surface area contributed by atoms with Gasteiger partial charge in [-0.2, -0.15) is 11.8 Å². The summed E-state index contributed by atoms with van der Waals surface area (Å²) in [6.07, 6.45) is 2.73. The lowest BCUT2D eigenvalue weighted by Crippen LogP contribution is -1.89. The summed E-state index contributed by atoms with van der Waals surface area (Å²) in [7, 11) is 1.50. The Kier molecular flexibility index (Phi) is 129. The van der Waals surface area contributed by atoms with E-state index in [1.807, 2.05) is 47.8 Å². The number of rotatable bonds is 3. The highest BCUT2D eigenvalue weighted by molar-refractivity contribution is 7.98. The van der Waals surface area contributed by atoms with Crippen LogP contribution in [-0.4, -0.2) is 24.8 Å². The monoisotopic (exact) mass is 239 g/mol. The maximum absolute atomic E-state index is 10.2. The molecule has 0 fully saturated rings. The zero-order chi connectivity index (χ0) is 13.7. The number of carbonyl (C=O) groups excluding carboxylic acids is 1. The third kappa shape index (κ3) is 127. The van der Waals surface area contributed by atoms with E-state index in [4.69, 9.17) is 0 Å². The standard InChI is InChI=1S/C5H10OS.3C2H6.CH5N/c1-5(6)3-4-7-2;4*1-2/h3-4H2,1-2H3;3*1-2H3;2H2,1H3. The first-order valence-corrected chi connectivity index (χ1v) is 7.23. The predicted octanol–water partition coefficient (Wildman–Crippen LogP) is 3.98. The van der Waals surface area contributed by atoms with Crippen molar-refractivity contribution < 1.29 is 4.79 Å². The molecule has 0 aliphatic rings. The Morgan fingerprint density at radius 1 is 1.00 bits per heavy atom. The van der Waals surface area contributed by atoms with Crippen LogP contribution in [0.15, 0.2) is 0 Å². The fourth-order valence-electron chi connectivity index (χ4n) is 0.246. The summed E-state index contributed by atoms with van der Waals surface area (Å²) in [6, 6.07) is 0. The minimum Gasteiger partial charge on any atom is -0.333 e. The Morgan fingerprint density at radius 2 is 1.27 bits per heavy atom. The normalized spacial score (nSPS) is 5.73. The van der Waals surface area contributed by atoms with Crippen molar-refractivity contribution in [3.05, 3.63) is 0 Å². The van der Waals surface area contributed by atoms with Crippen LogP contribution in [0, 0.1) is 0 Å². The largest absolute Gasteiger partial charge is 0.333 e. The van der Waals surface area contributed by atoms with E-state index in [0.717, 1.165) is 12.2 Å². The number of nitrogens with two attached hydrogens (primary N) is 1. The molecule has 3 heteroatoms. The number of thioether (sulfide) groups is 1. The highest BCUT2D eigenvalue weighted by Gasteiger charge is 1.87. The van der Waals surface area contributed by atoms with Gasteiger partial charge in [-0.1, -0.05) is 41.5 Å². The summed E-state index contributed by atoms with van der Waals surface area (Å²) in [6.45, 7) is 13.6. The van der Waals surface area contributed by atoms with Gasteiger partial charge in [0.15, 0.2) is 0 Å². The molecule has 0 aliphatic carbocycles. The van der Waals surface area contributed by atoms with Crippen LogP contribution in [0.5, 0.6) is 0 Å². The lowest BCUT2D eigenvalue weighted by Gasteiger charge is -1.86. The molecule has 0 unspecified atom stereocenters. The van der Waals surface area contributed by atoms with E-state index in [1.165, 1.54) is 7.05 Å². The molecule has 98 valence electrons. The van der Waals surface area contributed by atoms with Crippen molar-refractivity contribution in [3.63, 3.8) is 0 Å². The summed E-state index contributed by atoms with van der Waals surface area (Å²) < 4.78 is 0. The van der Waals surface area contributed by atoms with Crippen molar-refractivity contribution in [1.29, 1.82) is 0 Å². The van der Waals surface area contributed by atoms with Gasteiger partial charge in [0.05, 0.1) is 0 Å². The predicted molar refractivity (Wildman–Crippen MR) is 77.8 cm³/mol. The zero-order valence-corrected chi connectivity index (χ0v) is 13.1. The van der Waals surface area contributed by atoms with Gasteiger partial charge < -0.3 is 5.73 Å². The summed E-state index contributed by atoms with van der Waals surface area (Å²) in [5, 5.41) is 0. The lowest BCUT2D eigenvalue weighted by atomic mass is 10.4. The van der Waals surface area contributed by atoms with Gasteiger partial charge in [-0.05, 0) is 26.0 Å². The van der Waals surface area contributed by atoms with Gasteiger partial charge in [0.25, 0.3) is 0 Å². The summed E-state index contributed by atoms with van der Waals surface area (Å²) >= 11 is 1.71. The lowest BCUT2D eigenvalue weighted by molar-refractivity contribution is -0.116. The Labute approximate surface area is 102 Å². The fourth-order valence-corrected chi connectivity index (χ4v) is 0.737. The molecular weight excluding hydrogens is 206 g/mol. The van der Waals surface area contributed by atoms with Crippen LogP contribution < -0.4 is 5.73 Å². The van der Waals surface area contributed by atoms with Crippen molar-refractivity contribution in [1.82, 2.24) is 0 Å². The zero-order valence-electron chi connectivity index (χ0n) is 12.3. The van der Waals surface area contributed by atoms with Crippen molar-refractivity contribution in [3.8, 4) is 0 Å². The van der Waals surface area contributed by atoms with E-state index in [9.17, 15) is 4.79 Å². The minimum atomic E-state index is 0.286. The molecule has 15 heavy (non-hydrogen) atoms. The molecule has 0 bridgehead atoms. The highest BCUT2D eigenvalue weighted by Crippen LogP contribution is 1.94. The van der Waals surface area contributed by atoms with E-state index in [2.05, 4.69) is 5.73 Å². The topological polar surface area (TPSA) is 43.1 Å². The smallest absolute Gasteiger partial charge is 0.130 e. The third-order valence-corrected chi connectivity index (χ3v) is 1.27. The average Bonchev–Trinajstić information content (AvgIpc) is 2.36. The molecule has 0 saturated carbocycles. The molecule has 0 amide bonds. The van der Waals surface area contributed by atoms with Crippen molar-refractivity contribution in [2.45, 2.75) is 54.9 Å². The van der Waals surface area contributed by atoms with Crippen LogP contribution in [0.3, 0.4) is 0 Å². The molecule has 0 aromatic rings. The number of hydrogen-bond donors (Lipinski definition) is 1. The molecule has 0 rings (SSSR count). The van der Waals surface area contributed by atoms with E-state index >= 15 is 0 Å². The quantitative estimate of drug-likeness (QED) is 0.810. The average molecular weight is 239 g/mol. The fraction of sp³-hybridized carbons (Fsp3) is 0.917. The van der Waals surface area contributed by atoms with E-state index < -0.39 is 0 Å². The van der Waals surface area contributed by atoms with Crippen LogP contribution in [0.1, 0.15) is 54.9 Å². The van der Waals surface area contributed by atoms with Crippen molar-refractivity contribution >= 4 is 17.5 Å². The van der Waals surface area contributed by atoms with Crippen LogP contribution in [0.4, 0.5) is 0 Å². The molecular formula is C12H33NOS. The van der Waals surface area contributed by atoms with Gasteiger partial charge in [0, 0.05) is 6.42 Å². The van der Waals surface area contributed by atoms with Crippen LogP contribution in [0.25, 0.3) is 0 Å². The summed E-state index contributed by atoms with van der Waals surface area (Å²) in [5.41, 5.74) is 4.50. The SMILES string of the molecule is CC.CC.CC.CN.CSCCC(C)=O. The Balaban J connectivity index is -0.0000000353. The number of carbonyl (C=O) groups is 1. The first-order chi connectivity index (χ1) is 7.27. The molecule has 0 atom stereocenters. The second-order valence-corrected chi connectivity index (χ2v) is 2.43. The first-order valence-electron chi connectivity index (χ1n) is 5.83. The molecule has 0 heterocycles. The molecule has 2 nitrogen and oxygen atoms in total. The maximum Gasteiger partial charge on any atom is 0.130 e. The van der Waals surface area contributed by atoms with E-state index in [1.54, 1.807) is 18.7 Å². The molecule has 0 aromatic heterocycles. The number of hydrogen-bond acceptors (Lipinski definition) is 3. The highest BCUT2D eigenvalue weighted by atomic mass is 32.2. The van der Waals surface area contributed by atoms with Crippen LogP contribution >= 0.6 is 11.8 Å². The molecule has 0 radical (unpaired) electrons. The first kappa shape index (κ1) is 29.4. The number of ketones is 1. The van der Waals surface area contributed by atoms with Crippen molar-refractivity contribution in [2.75, 3.05) is 19.1 Å². The number of Topliss-reactive ketones (excluding diaryl/α,β-unsaturated/α-hetero) is 1. The molecule has 0 saturated heterocycles. The van der Waals surface area contributed by atoms with Gasteiger partial charge >= 0.3 is 0 Å². The molecule has 2 N–H and O–H groups in total. The summed E-state index contributed by atoms with van der Waals surface area (Å²) in [4.78, 5) is 10.2. The van der Waals surface area contributed by atoms with Crippen molar-refractivity contribution in [2.24, 2.45) is 5.73 Å². The van der Waals surface area contributed by atoms with E-state index in [-0.39, 0.29) is 5.78 Å². The van der Waals surface area contributed by atoms with Gasteiger partial charge in [-0.25, -0.2) is 0 Å².